The summed E-state index contributed by atoms with van der Waals surface area (Å²) >= 11 is 0. The Morgan fingerprint density at radius 2 is 2.03 bits per heavy atom. The van der Waals surface area contributed by atoms with Crippen LogP contribution in [0.5, 0.6) is 0 Å². The molecule has 184 valence electrons. The van der Waals surface area contributed by atoms with Crippen molar-refractivity contribution in [2.24, 2.45) is 5.92 Å². The molecule has 1 aliphatic heterocycles. The van der Waals surface area contributed by atoms with Crippen molar-refractivity contribution in [1.82, 2.24) is 34.6 Å². The Kier molecular flexibility index (Phi) is 6.38. The standard InChI is InChI=1S/C25H32N8O2/c1-3-20(4-2)32-12-18(11-29-32)24-23-5-6-28-33(23)15-22(30-24)17(9-26)10-27-19-13-31(14-19)25(35)16-7-21(34)8-16/h5-6,9-12,15-16,19-21,26-27,34H,3-4,7-8,13-14H2,1-2H3/b17-10+,26-9?/t16-,21+. The number of hydrogen-bond donors (Lipinski definition) is 3. The molecule has 10 nitrogen and oxygen atoms in total. The molecule has 0 spiro atoms. The van der Waals surface area contributed by atoms with Crippen molar-refractivity contribution in [2.45, 2.75) is 57.7 Å². The topological polar surface area (TPSA) is 124 Å². The van der Waals surface area contributed by atoms with Crippen molar-refractivity contribution in [2.75, 3.05) is 13.1 Å². The predicted octanol–water partition coefficient (Wildman–Crippen LogP) is 2.52. The minimum atomic E-state index is -0.323. The lowest BCUT2D eigenvalue weighted by Crippen LogP contribution is -2.61. The molecule has 2 fully saturated rings. The number of allylic oxidation sites excluding steroid dienone is 1. The third kappa shape index (κ3) is 4.45. The minimum Gasteiger partial charge on any atom is -0.393 e. The van der Waals surface area contributed by atoms with Crippen molar-refractivity contribution in [3.05, 3.63) is 42.7 Å². The third-order valence-electron chi connectivity index (χ3n) is 7.16. The van der Waals surface area contributed by atoms with Crippen LogP contribution in [0.25, 0.3) is 22.3 Å². The maximum absolute atomic E-state index is 12.4. The van der Waals surface area contributed by atoms with Crippen LogP contribution in [0, 0.1) is 11.3 Å². The molecular weight excluding hydrogens is 444 g/mol. The van der Waals surface area contributed by atoms with Gasteiger partial charge in [-0.15, -0.1) is 0 Å². The molecular formula is C25H32N8O2. The molecule has 1 amide bonds. The van der Waals surface area contributed by atoms with Crippen molar-refractivity contribution in [3.63, 3.8) is 0 Å². The smallest absolute Gasteiger partial charge is 0.226 e. The van der Waals surface area contributed by atoms with Crippen molar-refractivity contribution in [1.29, 1.82) is 5.41 Å². The number of amides is 1. The molecule has 3 aromatic rings. The van der Waals surface area contributed by atoms with E-state index in [9.17, 15) is 9.90 Å². The SMILES string of the molecule is CCC(CC)n1cc(-c2nc(/C(C=N)=C/NC3CN(C(=O)[C@H]4C[C@@H](O)C4)C3)cn3nccc23)cn1. The lowest BCUT2D eigenvalue weighted by Gasteiger charge is -2.43. The van der Waals surface area contributed by atoms with Crippen LogP contribution in [0.2, 0.25) is 0 Å². The second-order valence-electron chi connectivity index (χ2n) is 9.49. The fraction of sp³-hybridized carbons (Fsp3) is 0.480. The molecule has 2 aliphatic rings. The molecule has 10 heteroatoms. The largest absolute Gasteiger partial charge is 0.393 e. The maximum Gasteiger partial charge on any atom is 0.226 e. The van der Waals surface area contributed by atoms with Gasteiger partial charge in [0.15, 0.2) is 0 Å². The quantitative estimate of drug-likeness (QED) is 0.408. The summed E-state index contributed by atoms with van der Waals surface area (Å²) in [5.41, 5.74) is 3.82. The number of aromatic nitrogens is 5. The van der Waals surface area contributed by atoms with Gasteiger partial charge < -0.3 is 20.7 Å². The van der Waals surface area contributed by atoms with Gasteiger partial charge in [0.05, 0.1) is 53.7 Å². The van der Waals surface area contributed by atoms with Crippen LogP contribution in [-0.2, 0) is 4.79 Å². The highest BCUT2D eigenvalue weighted by Crippen LogP contribution is 2.30. The average Bonchev–Trinajstić information content (AvgIpc) is 3.48. The predicted molar refractivity (Wildman–Crippen MR) is 133 cm³/mol. The lowest BCUT2D eigenvalue weighted by atomic mass is 9.81. The average molecular weight is 477 g/mol. The first-order valence-electron chi connectivity index (χ1n) is 12.3. The number of fused-ring (bicyclic) bond motifs is 1. The number of hydrogen-bond acceptors (Lipinski definition) is 7. The Morgan fingerprint density at radius 1 is 1.26 bits per heavy atom. The number of carbonyl (C=O) groups is 1. The van der Waals surface area contributed by atoms with Gasteiger partial charge in [-0.1, -0.05) is 13.8 Å². The number of likely N-dealkylation sites (tertiary alicyclic amines) is 1. The monoisotopic (exact) mass is 476 g/mol. The molecule has 0 atom stereocenters. The molecule has 1 aliphatic carbocycles. The number of rotatable bonds is 9. The van der Waals surface area contributed by atoms with Gasteiger partial charge in [0.25, 0.3) is 0 Å². The zero-order valence-electron chi connectivity index (χ0n) is 20.1. The summed E-state index contributed by atoms with van der Waals surface area (Å²) in [6.07, 6.45) is 13.3. The van der Waals surface area contributed by atoms with E-state index >= 15 is 0 Å². The molecule has 3 aromatic heterocycles. The zero-order valence-corrected chi connectivity index (χ0v) is 20.1. The Bertz CT molecular complexity index is 1250. The molecule has 35 heavy (non-hydrogen) atoms. The van der Waals surface area contributed by atoms with E-state index in [1.165, 1.54) is 6.21 Å². The summed E-state index contributed by atoms with van der Waals surface area (Å²) in [7, 11) is 0. The second kappa shape index (κ2) is 9.61. The molecule has 4 heterocycles. The summed E-state index contributed by atoms with van der Waals surface area (Å²) in [5, 5.41) is 29.7. The molecule has 0 unspecified atom stereocenters. The highest BCUT2D eigenvalue weighted by atomic mass is 16.3. The Labute approximate surface area is 204 Å². The van der Waals surface area contributed by atoms with Crippen LogP contribution >= 0.6 is 0 Å². The highest BCUT2D eigenvalue weighted by molar-refractivity contribution is 6.07. The zero-order chi connectivity index (χ0) is 24.5. The Morgan fingerprint density at radius 3 is 2.71 bits per heavy atom. The van der Waals surface area contributed by atoms with Crippen LogP contribution in [0.4, 0.5) is 0 Å². The molecule has 0 radical (unpaired) electrons. The van der Waals surface area contributed by atoms with Gasteiger partial charge in [0.2, 0.25) is 5.91 Å². The van der Waals surface area contributed by atoms with Gasteiger partial charge in [-0.25, -0.2) is 9.50 Å². The fourth-order valence-corrected chi connectivity index (χ4v) is 4.81. The molecule has 1 saturated carbocycles. The summed E-state index contributed by atoms with van der Waals surface area (Å²) in [6, 6.07) is 2.40. The third-order valence-corrected chi connectivity index (χ3v) is 7.16. The van der Waals surface area contributed by atoms with Gasteiger partial charge >= 0.3 is 0 Å². The number of aliphatic hydroxyl groups excluding tert-OH is 1. The summed E-state index contributed by atoms with van der Waals surface area (Å²) < 4.78 is 3.78. The molecule has 0 aromatic carbocycles. The van der Waals surface area contributed by atoms with E-state index in [0.29, 0.717) is 43.2 Å². The number of nitrogens with one attached hydrogen (secondary N) is 2. The molecule has 1 saturated heterocycles. The molecule has 5 rings (SSSR count). The van der Waals surface area contributed by atoms with E-state index in [0.717, 1.165) is 29.6 Å². The second-order valence-corrected chi connectivity index (χ2v) is 9.49. The Balaban J connectivity index is 1.33. The summed E-state index contributed by atoms with van der Waals surface area (Å²) in [5.74, 6) is 0.102. The van der Waals surface area contributed by atoms with Crippen LogP contribution < -0.4 is 5.32 Å². The first-order valence-corrected chi connectivity index (χ1v) is 12.3. The maximum atomic E-state index is 12.4. The van der Waals surface area contributed by atoms with E-state index in [1.807, 2.05) is 34.2 Å². The van der Waals surface area contributed by atoms with Crippen molar-refractivity contribution in [3.8, 4) is 11.3 Å². The Hall–Kier alpha value is -3.53. The van der Waals surface area contributed by atoms with Crippen LogP contribution in [0.15, 0.2) is 37.1 Å². The van der Waals surface area contributed by atoms with Gasteiger partial charge in [0.1, 0.15) is 0 Å². The van der Waals surface area contributed by atoms with Crippen LogP contribution in [0.1, 0.15) is 51.3 Å². The van der Waals surface area contributed by atoms with Crippen molar-refractivity contribution >= 4 is 23.2 Å². The number of carbonyl (C=O) groups excluding carboxylic acids is 1. The fourth-order valence-electron chi connectivity index (χ4n) is 4.81. The van der Waals surface area contributed by atoms with E-state index < -0.39 is 0 Å². The number of aliphatic hydroxyl groups is 1. The van der Waals surface area contributed by atoms with Gasteiger partial charge in [-0.3, -0.25) is 9.48 Å². The number of nitrogens with zero attached hydrogens (tertiary/aromatic N) is 6. The van der Waals surface area contributed by atoms with Crippen LogP contribution in [0.3, 0.4) is 0 Å². The van der Waals surface area contributed by atoms with Crippen molar-refractivity contribution < 1.29 is 9.90 Å². The van der Waals surface area contributed by atoms with E-state index in [-0.39, 0.29) is 24.0 Å². The normalized spacial score (nSPS) is 20.7. The molecule has 3 N–H and O–H groups in total. The van der Waals surface area contributed by atoms with E-state index in [2.05, 4.69) is 29.4 Å². The van der Waals surface area contributed by atoms with Gasteiger partial charge in [-0.05, 0) is 31.7 Å². The molecule has 0 bridgehead atoms. The van der Waals surface area contributed by atoms with Gasteiger partial charge in [0, 0.05) is 48.8 Å². The van der Waals surface area contributed by atoms with E-state index in [1.54, 1.807) is 16.9 Å². The summed E-state index contributed by atoms with van der Waals surface area (Å²) in [4.78, 5) is 19.1. The van der Waals surface area contributed by atoms with E-state index in [4.69, 9.17) is 10.4 Å². The van der Waals surface area contributed by atoms with Crippen LogP contribution in [-0.4, -0.2) is 71.7 Å². The highest BCUT2D eigenvalue weighted by Gasteiger charge is 2.39. The first kappa shape index (κ1) is 23.2. The summed E-state index contributed by atoms with van der Waals surface area (Å²) in [6.45, 7) is 5.57. The minimum absolute atomic E-state index is 0.0312. The van der Waals surface area contributed by atoms with Gasteiger partial charge in [-0.2, -0.15) is 10.2 Å². The first-order chi connectivity index (χ1) is 17.0. The lowest BCUT2D eigenvalue weighted by molar-refractivity contribution is -0.147.